The molecule has 2 heterocycles. The molecule has 1 aliphatic rings. The molecule has 144 valence electrons. The molecule has 1 aliphatic heterocycles. The maximum Gasteiger partial charge on any atom is 0.251 e. The van der Waals surface area contributed by atoms with Gasteiger partial charge in [0, 0.05) is 17.5 Å². The minimum absolute atomic E-state index is 0.0746. The summed E-state index contributed by atoms with van der Waals surface area (Å²) < 4.78 is 10.9. The maximum absolute atomic E-state index is 12.6. The summed E-state index contributed by atoms with van der Waals surface area (Å²) in [7, 11) is 1.61. The first-order chi connectivity index (χ1) is 13.7. The van der Waals surface area contributed by atoms with E-state index in [1.54, 1.807) is 37.6 Å². The highest BCUT2D eigenvalue weighted by atomic mass is 16.5. The summed E-state index contributed by atoms with van der Waals surface area (Å²) >= 11 is 0. The lowest BCUT2D eigenvalue weighted by molar-refractivity contribution is -0.946. The van der Waals surface area contributed by atoms with Crippen LogP contribution in [0.15, 0.2) is 71.3 Å². The molecule has 0 fully saturated rings. The standard InChI is InChI=1S/C23H24N2O3/c1-27-20-10-8-18(9-11-20)23(26)24-15-21(22-7-4-14-28-22)25-13-12-17-5-2-3-6-19(17)16-25/h2-11,14,21H,12-13,15-16H2,1H3,(H,24,26)/p+1/t21-/m0/s1. The van der Waals surface area contributed by atoms with E-state index in [9.17, 15) is 4.79 Å². The summed E-state index contributed by atoms with van der Waals surface area (Å²) in [6.07, 6.45) is 2.74. The van der Waals surface area contributed by atoms with Crippen LogP contribution in [0.1, 0.15) is 33.3 Å². The molecule has 3 aromatic rings. The third-order valence-corrected chi connectivity index (χ3v) is 5.45. The molecule has 0 saturated carbocycles. The van der Waals surface area contributed by atoms with Gasteiger partial charge in [-0.1, -0.05) is 24.3 Å². The Bertz CT molecular complexity index is 919. The monoisotopic (exact) mass is 377 g/mol. The van der Waals surface area contributed by atoms with Crippen LogP contribution in [0.5, 0.6) is 5.75 Å². The Labute approximate surface area is 164 Å². The van der Waals surface area contributed by atoms with Crippen LogP contribution >= 0.6 is 0 Å². The van der Waals surface area contributed by atoms with E-state index < -0.39 is 0 Å². The van der Waals surface area contributed by atoms with Gasteiger partial charge in [-0.15, -0.1) is 0 Å². The number of benzene rings is 2. The highest BCUT2D eigenvalue weighted by Gasteiger charge is 2.30. The molecular weight excluding hydrogens is 352 g/mol. The number of furan rings is 1. The second-order valence-electron chi connectivity index (χ2n) is 7.11. The van der Waals surface area contributed by atoms with Gasteiger partial charge in [0.25, 0.3) is 5.91 Å². The first kappa shape index (κ1) is 18.3. The fraction of sp³-hybridized carbons (Fsp3) is 0.261. The van der Waals surface area contributed by atoms with Crippen LogP contribution in [0.25, 0.3) is 0 Å². The number of hydrogen-bond donors (Lipinski definition) is 2. The summed E-state index contributed by atoms with van der Waals surface area (Å²) in [5.74, 6) is 1.56. The summed E-state index contributed by atoms with van der Waals surface area (Å²) in [6.45, 7) is 2.47. The van der Waals surface area contributed by atoms with Gasteiger partial charge in [-0.05, 0) is 42.0 Å². The van der Waals surface area contributed by atoms with E-state index in [1.807, 2.05) is 12.1 Å². The van der Waals surface area contributed by atoms with Crippen LogP contribution in [0.3, 0.4) is 0 Å². The number of hydrogen-bond acceptors (Lipinski definition) is 3. The van der Waals surface area contributed by atoms with Gasteiger partial charge in [0.1, 0.15) is 12.3 Å². The molecular formula is C23H25N2O3+. The number of amides is 1. The summed E-state index contributed by atoms with van der Waals surface area (Å²) in [6, 6.07) is 19.7. The van der Waals surface area contributed by atoms with Gasteiger partial charge in [0.2, 0.25) is 0 Å². The number of rotatable bonds is 6. The average molecular weight is 377 g/mol. The van der Waals surface area contributed by atoms with E-state index >= 15 is 0 Å². The van der Waals surface area contributed by atoms with Gasteiger partial charge in [0.05, 0.1) is 26.5 Å². The van der Waals surface area contributed by atoms with Crippen molar-refractivity contribution in [2.45, 2.75) is 19.0 Å². The van der Waals surface area contributed by atoms with Crippen molar-refractivity contribution in [1.29, 1.82) is 0 Å². The molecule has 2 N–H and O–H groups in total. The molecule has 0 spiro atoms. The van der Waals surface area contributed by atoms with Crippen LogP contribution in [0, 0.1) is 0 Å². The molecule has 0 bridgehead atoms. The molecule has 4 rings (SSSR count). The first-order valence-corrected chi connectivity index (χ1v) is 9.61. The van der Waals surface area contributed by atoms with Gasteiger partial charge in [-0.2, -0.15) is 0 Å². The number of nitrogens with one attached hydrogen (secondary N) is 2. The topological polar surface area (TPSA) is 55.9 Å². The van der Waals surface area contributed by atoms with E-state index in [0.29, 0.717) is 12.1 Å². The molecule has 5 heteroatoms. The van der Waals surface area contributed by atoms with E-state index in [2.05, 4.69) is 29.6 Å². The van der Waals surface area contributed by atoms with Crippen LogP contribution in [0.2, 0.25) is 0 Å². The predicted octanol–water partition coefficient (Wildman–Crippen LogP) is 2.40. The molecule has 0 aliphatic carbocycles. The van der Waals surface area contributed by atoms with E-state index in [4.69, 9.17) is 9.15 Å². The Morgan fingerprint density at radius 1 is 1.11 bits per heavy atom. The smallest absolute Gasteiger partial charge is 0.251 e. The molecule has 2 aromatic carbocycles. The molecule has 2 atom stereocenters. The lowest BCUT2D eigenvalue weighted by atomic mass is 9.98. The maximum atomic E-state index is 12.6. The third-order valence-electron chi connectivity index (χ3n) is 5.45. The molecule has 28 heavy (non-hydrogen) atoms. The highest BCUT2D eigenvalue weighted by molar-refractivity contribution is 5.94. The summed E-state index contributed by atoms with van der Waals surface area (Å²) in [4.78, 5) is 14.0. The lowest BCUT2D eigenvalue weighted by Gasteiger charge is -2.31. The van der Waals surface area contributed by atoms with Gasteiger partial charge in [-0.3, -0.25) is 4.79 Å². The second-order valence-corrected chi connectivity index (χ2v) is 7.11. The van der Waals surface area contributed by atoms with Crippen molar-refractivity contribution >= 4 is 5.91 Å². The SMILES string of the molecule is COc1ccc(C(=O)NC[C@@H](c2ccco2)[NH+]2CCc3ccccc3C2)cc1. The number of fused-ring (bicyclic) bond motifs is 1. The number of ether oxygens (including phenoxy) is 1. The van der Waals surface area contributed by atoms with Crippen molar-refractivity contribution in [3.63, 3.8) is 0 Å². The fourth-order valence-corrected chi connectivity index (χ4v) is 3.87. The largest absolute Gasteiger partial charge is 0.497 e. The Kier molecular flexibility index (Phi) is 5.44. The van der Waals surface area contributed by atoms with E-state index in [-0.39, 0.29) is 11.9 Å². The normalized spacial score (nSPS) is 16.8. The van der Waals surface area contributed by atoms with Crippen molar-refractivity contribution in [2.75, 3.05) is 20.2 Å². The zero-order chi connectivity index (χ0) is 19.3. The zero-order valence-electron chi connectivity index (χ0n) is 16.0. The number of methoxy groups -OCH3 is 1. The Balaban J connectivity index is 1.47. The van der Waals surface area contributed by atoms with Crippen molar-refractivity contribution in [3.8, 4) is 5.75 Å². The Morgan fingerprint density at radius 2 is 1.89 bits per heavy atom. The van der Waals surface area contributed by atoms with Crippen LogP contribution in [0.4, 0.5) is 0 Å². The van der Waals surface area contributed by atoms with Crippen molar-refractivity contribution in [3.05, 3.63) is 89.4 Å². The van der Waals surface area contributed by atoms with Crippen molar-refractivity contribution < 1.29 is 18.8 Å². The van der Waals surface area contributed by atoms with Crippen molar-refractivity contribution in [1.82, 2.24) is 5.32 Å². The number of carbonyl (C=O) groups excluding carboxylic acids is 1. The quantitative estimate of drug-likeness (QED) is 0.694. The lowest BCUT2D eigenvalue weighted by Crippen LogP contribution is -3.12. The number of quaternary nitrogens is 1. The summed E-state index contributed by atoms with van der Waals surface area (Å²) in [5.41, 5.74) is 3.42. The molecule has 1 amide bonds. The predicted molar refractivity (Wildman–Crippen MR) is 106 cm³/mol. The van der Waals surface area contributed by atoms with E-state index in [0.717, 1.165) is 31.0 Å². The third kappa shape index (κ3) is 3.94. The Hall–Kier alpha value is -3.05. The Morgan fingerprint density at radius 3 is 2.61 bits per heavy atom. The number of carbonyl (C=O) groups is 1. The molecule has 5 nitrogen and oxygen atoms in total. The minimum atomic E-state index is -0.0870. The fourth-order valence-electron chi connectivity index (χ4n) is 3.87. The van der Waals surface area contributed by atoms with Crippen LogP contribution in [-0.4, -0.2) is 26.1 Å². The summed E-state index contributed by atoms with van der Waals surface area (Å²) in [5, 5.41) is 3.09. The first-order valence-electron chi connectivity index (χ1n) is 9.61. The van der Waals surface area contributed by atoms with Gasteiger partial charge in [-0.25, -0.2) is 0 Å². The molecule has 1 aromatic heterocycles. The van der Waals surface area contributed by atoms with Crippen molar-refractivity contribution in [2.24, 2.45) is 0 Å². The van der Waals surface area contributed by atoms with Gasteiger partial charge < -0.3 is 19.4 Å². The zero-order valence-corrected chi connectivity index (χ0v) is 16.0. The van der Waals surface area contributed by atoms with Gasteiger partial charge in [0.15, 0.2) is 11.8 Å². The van der Waals surface area contributed by atoms with Crippen LogP contribution < -0.4 is 15.0 Å². The molecule has 1 unspecified atom stereocenters. The van der Waals surface area contributed by atoms with E-state index in [1.165, 1.54) is 16.0 Å². The van der Waals surface area contributed by atoms with Crippen LogP contribution in [-0.2, 0) is 13.0 Å². The molecule has 0 saturated heterocycles. The molecule has 0 radical (unpaired) electrons. The second kappa shape index (κ2) is 8.31. The minimum Gasteiger partial charge on any atom is -0.497 e. The highest BCUT2D eigenvalue weighted by Crippen LogP contribution is 2.16. The average Bonchev–Trinajstić information content (AvgIpc) is 3.28. The van der Waals surface area contributed by atoms with Gasteiger partial charge >= 0.3 is 0 Å².